The van der Waals surface area contributed by atoms with Crippen LogP contribution in [0.5, 0.6) is 0 Å². The summed E-state index contributed by atoms with van der Waals surface area (Å²) in [5, 5.41) is 9.61. The molecule has 0 aliphatic carbocycles. The average molecular weight is 787 g/mol. The molecule has 1 unspecified atom stereocenters. The van der Waals surface area contributed by atoms with Crippen molar-refractivity contribution >= 4 is 11.9 Å². The van der Waals surface area contributed by atoms with Gasteiger partial charge in [-0.2, -0.15) is 0 Å². The van der Waals surface area contributed by atoms with Crippen LogP contribution in [0, 0.1) is 0 Å². The summed E-state index contributed by atoms with van der Waals surface area (Å²) < 4.78 is 10.7. The molecule has 5 heteroatoms. The fourth-order valence-corrected chi connectivity index (χ4v) is 7.17. The predicted molar refractivity (Wildman–Crippen MR) is 242 cm³/mol. The van der Waals surface area contributed by atoms with Gasteiger partial charge in [0.05, 0.1) is 6.61 Å². The molecule has 5 nitrogen and oxygen atoms in total. The molecule has 0 fully saturated rings. The van der Waals surface area contributed by atoms with Crippen LogP contribution in [0.15, 0.2) is 36.5 Å². The van der Waals surface area contributed by atoms with Crippen molar-refractivity contribution in [1.29, 1.82) is 0 Å². The van der Waals surface area contributed by atoms with Crippen molar-refractivity contribution in [3.05, 3.63) is 36.5 Å². The number of carbonyl (C=O) groups is 2. The molecule has 0 bridgehead atoms. The number of allylic oxidation sites excluding steroid dienone is 6. The summed E-state index contributed by atoms with van der Waals surface area (Å²) in [7, 11) is 0. The van der Waals surface area contributed by atoms with E-state index in [9.17, 15) is 14.7 Å². The summed E-state index contributed by atoms with van der Waals surface area (Å²) in [5.41, 5.74) is 0. The standard InChI is InChI=1S/C51H94O5/c1-3-5-7-9-11-13-15-17-19-21-22-23-24-25-26-27-28-30-32-34-36-38-40-42-44-46-51(54)56-49(47-52)48-55-50(53)45-43-41-39-37-35-33-31-29-20-18-16-14-12-10-8-6-4-2/h15,17-18,20-22,49,52H,3-14,16,19,23-48H2,1-2H3/b17-15-,20-18-,22-21-. The topological polar surface area (TPSA) is 72.8 Å². The Morgan fingerprint density at radius 2 is 0.714 bits per heavy atom. The fourth-order valence-electron chi connectivity index (χ4n) is 7.17. The SMILES string of the molecule is CCCCCCC/C=C\C/C=C\CCCCCCCCCCCCCCCC(=O)OC(CO)COC(=O)CCCCCCCCC/C=C\CCCCCCCC. The molecular formula is C51H94O5. The molecule has 1 atom stereocenters. The normalized spacial score (nSPS) is 12.4. The second-order valence-electron chi connectivity index (χ2n) is 16.5. The number of aliphatic hydroxyl groups excluding tert-OH is 1. The van der Waals surface area contributed by atoms with Crippen LogP contribution in [0.3, 0.4) is 0 Å². The van der Waals surface area contributed by atoms with Crippen LogP contribution in [0.1, 0.15) is 258 Å². The van der Waals surface area contributed by atoms with Crippen molar-refractivity contribution in [2.24, 2.45) is 0 Å². The van der Waals surface area contributed by atoms with E-state index in [4.69, 9.17) is 9.47 Å². The highest BCUT2D eigenvalue weighted by Gasteiger charge is 2.16. The Morgan fingerprint density at radius 3 is 1.07 bits per heavy atom. The van der Waals surface area contributed by atoms with Gasteiger partial charge in [-0.05, 0) is 70.6 Å². The van der Waals surface area contributed by atoms with Crippen LogP contribution in [0.2, 0.25) is 0 Å². The smallest absolute Gasteiger partial charge is 0.306 e. The number of hydrogen-bond donors (Lipinski definition) is 1. The van der Waals surface area contributed by atoms with Crippen LogP contribution in [0.25, 0.3) is 0 Å². The lowest BCUT2D eigenvalue weighted by Crippen LogP contribution is -2.28. The number of ether oxygens (including phenoxy) is 2. The summed E-state index contributed by atoms with van der Waals surface area (Å²) in [6, 6.07) is 0. The van der Waals surface area contributed by atoms with E-state index >= 15 is 0 Å². The minimum absolute atomic E-state index is 0.0658. The monoisotopic (exact) mass is 787 g/mol. The Labute approximate surface area is 348 Å². The molecule has 0 radical (unpaired) electrons. The highest BCUT2D eigenvalue weighted by molar-refractivity contribution is 5.70. The Kier molecular flexibility index (Phi) is 45.9. The number of unbranched alkanes of at least 4 members (excludes halogenated alkanes) is 31. The first-order valence-corrected chi connectivity index (χ1v) is 24.5. The van der Waals surface area contributed by atoms with Gasteiger partial charge in [-0.1, -0.05) is 211 Å². The van der Waals surface area contributed by atoms with E-state index in [0.29, 0.717) is 12.8 Å². The first-order chi connectivity index (χ1) is 27.6. The van der Waals surface area contributed by atoms with E-state index in [1.54, 1.807) is 0 Å². The van der Waals surface area contributed by atoms with Crippen LogP contribution in [0.4, 0.5) is 0 Å². The lowest BCUT2D eigenvalue weighted by Gasteiger charge is -2.15. The second kappa shape index (κ2) is 47.5. The van der Waals surface area contributed by atoms with Crippen LogP contribution < -0.4 is 0 Å². The lowest BCUT2D eigenvalue weighted by atomic mass is 10.0. The van der Waals surface area contributed by atoms with Gasteiger partial charge in [0.15, 0.2) is 6.10 Å². The quantitative estimate of drug-likeness (QED) is 0.0378. The van der Waals surface area contributed by atoms with Crippen LogP contribution in [-0.4, -0.2) is 36.4 Å². The minimum atomic E-state index is -0.772. The molecule has 1 N–H and O–H groups in total. The third kappa shape index (κ3) is 44.8. The number of carbonyl (C=O) groups excluding carboxylic acids is 2. The molecule has 0 aliphatic heterocycles. The Balaban J connectivity index is 3.49. The molecule has 0 aromatic rings. The first kappa shape index (κ1) is 54.1. The summed E-state index contributed by atoms with van der Waals surface area (Å²) in [6.45, 7) is 4.14. The molecule has 0 saturated heterocycles. The fraction of sp³-hybridized carbons (Fsp3) is 0.843. The van der Waals surface area contributed by atoms with Crippen molar-refractivity contribution in [3.8, 4) is 0 Å². The van der Waals surface area contributed by atoms with Gasteiger partial charge in [-0.3, -0.25) is 9.59 Å². The maximum atomic E-state index is 12.3. The zero-order chi connectivity index (χ0) is 40.7. The molecule has 0 aliphatic rings. The Hall–Kier alpha value is -1.88. The summed E-state index contributed by atoms with van der Waals surface area (Å²) >= 11 is 0. The van der Waals surface area contributed by atoms with E-state index in [0.717, 1.165) is 44.9 Å². The largest absolute Gasteiger partial charge is 0.462 e. The van der Waals surface area contributed by atoms with E-state index < -0.39 is 6.10 Å². The number of hydrogen-bond acceptors (Lipinski definition) is 5. The highest BCUT2D eigenvalue weighted by atomic mass is 16.6. The Bertz CT molecular complexity index is 893. The summed E-state index contributed by atoms with van der Waals surface area (Å²) in [6.07, 6.45) is 59.4. The van der Waals surface area contributed by atoms with Gasteiger partial charge in [0.2, 0.25) is 0 Å². The maximum Gasteiger partial charge on any atom is 0.306 e. The predicted octanol–water partition coefficient (Wildman–Crippen LogP) is 16.0. The molecule has 0 rings (SSSR count). The average Bonchev–Trinajstić information content (AvgIpc) is 3.20. The summed E-state index contributed by atoms with van der Waals surface area (Å²) in [4.78, 5) is 24.4. The Morgan fingerprint density at radius 1 is 0.411 bits per heavy atom. The third-order valence-corrected chi connectivity index (χ3v) is 10.9. The van der Waals surface area contributed by atoms with Crippen LogP contribution >= 0.6 is 0 Å². The van der Waals surface area contributed by atoms with Gasteiger partial charge < -0.3 is 14.6 Å². The second-order valence-corrected chi connectivity index (χ2v) is 16.5. The zero-order valence-electron chi connectivity index (χ0n) is 37.4. The lowest BCUT2D eigenvalue weighted by molar-refractivity contribution is -0.161. The van der Waals surface area contributed by atoms with Crippen molar-refractivity contribution in [2.45, 2.75) is 264 Å². The molecule has 56 heavy (non-hydrogen) atoms. The molecule has 0 spiro atoms. The maximum absolute atomic E-state index is 12.3. The number of aliphatic hydroxyl groups is 1. The number of esters is 2. The molecule has 0 aromatic carbocycles. The van der Waals surface area contributed by atoms with Gasteiger partial charge in [-0.25, -0.2) is 0 Å². The first-order valence-electron chi connectivity index (χ1n) is 24.5. The van der Waals surface area contributed by atoms with E-state index in [1.165, 1.54) is 186 Å². The van der Waals surface area contributed by atoms with Crippen molar-refractivity contribution in [2.75, 3.05) is 13.2 Å². The molecule has 0 heterocycles. The molecule has 0 aromatic heterocycles. The van der Waals surface area contributed by atoms with Gasteiger partial charge >= 0.3 is 11.9 Å². The van der Waals surface area contributed by atoms with Crippen molar-refractivity contribution in [1.82, 2.24) is 0 Å². The minimum Gasteiger partial charge on any atom is -0.462 e. The van der Waals surface area contributed by atoms with E-state index in [-0.39, 0.29) is 25.2 Å². The highest BCUT2D eigenvalue weighted by Crippen LogP contribution is 2.15. The van der Waals surface area contributed by atoms with Gasteiger partial charge in [0.1, 0.15) is 6.61 Å². The molecule has 328 valence electrons. The molecular weight excluding hydrogens is 693 g/mol. The van der Waals surface area contributed by atoms with Crippen molar-refractivity contribution in [3.63, 3.8) is 0 Å². The van der Waals surface area contributed by atoms with Gasteiger partial charge in [0.25, 0.3) is 0 Å². The van der Waals surface area contributed by atoms with E-state index in [1.807, 2.05) is 0 Å². The van der Waals surface area contributed by atoms with Crippen LogP contribution in [-0.2, 0) is 19.1 Å². The third-order valence-electron chi connectivity index (χ3n) is 10.9. The zero-order valence-corrected chi connectivity index (χ0v) is 37.4. The molecule has 0 saturated carbocycles. The number of rotatable bonds is 45. The van der Waals surface area contributed by atoms with E-state index in [2.05, 4.69) is 50.3 Å². The summed E-state index contributed by atoms with van der Waals surface area (Å²) in [5.74, 6) is -0.587. The van der Waals surface area contributed by atoms with Gasteiger partial charge in [-0.15, -0.1) is 0 Å². The van der Waals surface area contributed by atoms with Gasteiger partial charge in [0, 0.05) is 12.8 Å². The van der Waals surface area contributed by atoms with Crippen molar-refractivity contribution < 1.29 is 24.2 Å². The molecule has 0 amide bonds.